The Balaban J connectivity index is 1.65. The third-order valence-electron chi connectivity index (χ3n) is 5.64. The summed E-state index contributed by atoms with van der Waals surface area (Å²) in [5.41, 5.74) is -2.08. The molecule has 2 aliphatic carbocycles. The molecule has 24 heavy (non-hydrogen) atoms. The van der Waals surface area contributed by atoms with E-state index in [9.17, 15) is 22.8 Å². The lowest BCUT2D eigenvalue weighted by Gasteiger charge is -2.41. The summed E-state index contributed by atoms with van der Waals surface area (Å²) in [5.74, 6) is -0.924. The van der Waals surface area contributed by atoms with E-state index in [1.54, 1.807) is 4.90 Å². The average molecular weight is 346 g/mol. The van der Waals surface area contributed by atoms with E-state index in [4.69, 9.17) is 0 Å². The molecule has 0 aromatic carbocycles. The SMILES string of the molecule is O=C(NC1(C(F)(F)F)CCCCC1)[C@H]1CCCN(C(=O)C2CC2)C1. The molecular formula is C17H25F3N2O2. The molecule has 3 fully saturated rings. The monoisotopic (exact) mass is 346 g/mol. The summed E-state index contributed by atoms with van der Waals surface area (Å²) >= 11 is 0. The molecule has 136 valence electrons. The van der Waals surface area contributed by atoms with Gasteiger partial charge in [-0.2, -0.15) is 13.2 Å². The minimum absolute atomic E-state index is 0.0420. The van der Waals surface area contributed by atoms with E-state index in [0.29, 0.717) is 32.2 Å². The van der Waals surface area contributed by atoms with E-state index >= 15 is 0 Å². The van der Waals surface area contributed by atoms with Crippen molar-refractivity contribution in [3.63, 3.8) is 0 Å². The molecular weight excluding hydrogens is 321 g/mol. The van der Waals surface area contributed by atoms with Crippen LogP contribution in [0.2, 0.25) is 0 Å². The zero-order chi connectivity index (χ0) is 17.4. The van der Waals surface area contributed by atoms with Crippen LogP contribution in [0.5, 0.6) is 0 Å². The van der Waals surface area contributed by atoms with Crippen molar-refractivity contribution in [2.75, 3.05) is 13.1 Å². The van der Waals surface area contributed by atoms with Gasteiger partial charge in [-0.05, 0) is 38.5 Å². The highest BCUT2D eigenvalue weighted by Crippen LogP contribution is 2.42. The number of amides is 2. The van der Waals surface area contributed by atoms with Crippen LogP contribution < -0.4 is 5.32 Å². The average Bonchev–Trinajstić information content (AvgIpc) is 3.39. The van der Waals surface area contributed by atoms with E-state index < -0.39 is 23.5 Å². The Labute approximate surface area is 140 Å². The molecule has 0 unspecified atom stereocenters. The summed E-state index contributed by atoms with van der Waals surface area (Å²) < 4.78 is 40.7. The topological polar surface area (TPSA) is 49.4 Å². The Morgan fingerprint density at radius 2 is 1.62 bits per heavy atom. The van der Waals surface area contributed by atoms with Crippen molar-refractivity contribution >= 4 is 11.8 Å². The molecule has 1 aliphatic heterocycles. The van der Waals surface area contributed by atoms with E-state index in [1.807, 2.05) is 0 Å². The fourth-order valence-corrected chi connectivity index (χ4v) is 3.95. The highest BCUT2D eigenvalue weighted by molar-refractivity contribution is 5.84. The zero-order valence-electron chi connectivity index (χ0n) is 13.8. The molecule has 3 aliphatic rings. The van der Waals surface area contributed by atoms with Crippen molar-refractivity contribution in [2.45, 2.75) is 69.5 Å². The molecule has 1 saturated heterocycles. The first-order valence-electron chi connectivity index (χ1n) is 9.00. The largest absolute Gasteiger partial charge is 0.411 e. The van der Waals surface area contributed by atoms with Gasteiger partial charge >= 0.3 is 6.18 Å². The van der Waals surface area contributed by atoms with Crippen LogP contribution in [0.15, 0.2) is 0 Å². The maximum absolute atomic E-state index is 13.6. The molecule has 2 saturated carbocycles. The van der Waals surface area contributed by atoms with E-state index in [1.165, 1.54) is 0 Å². The Bertz CT molecular complexity index is 497. The smallest absolute Gasteiger partial charge is 0.342 e. The van der Waals surface area contributed by atoms with Gasteiger partial charge in [0.2, 0.25) is 11.8 Å². The van der Waals surface area contributed by atoms with E-state index in [0.717, 1.165) is 19.3 Å². The quantitative estimate of drug-likeness (QED) is 0.854. The van der Waals surface area contributed by atoms with Crippen molar-refractivity contribution in [1.29, 1.82) is 0 Å². The van der Waals surface area contributed by atoms with Crippen molar-refractivity contribution in [1.82, 2.24) is 10.2 Å². The number of carbonyl (C=O) groups is 2. The number of nitrogens with zero attached hydrogens (tertiary/aromatic N) is 1. The number of likely N-dealkylation sites (tertiary alicyclic amines) is 1. The molecule has 4 nitrogen and oxygen atoms in total. The summed E-state index contributed by atoms with van der Waals surface area (Å²) in [6.07, 6.45) is 0.242. The van der Waals surface area contributed by atoms with Crippen LogP contribution in [0.1, 0.15) is 57.8 Å². The van der Waals surface area contributed by atoms with Gasteiger partial charge in [0, 0.05) is 19.0 Å². The first kappa shape index (κ1) is 17.5. The predicted molar refractivity (Wildman–Crippen MR) is 82.0 cm³/mol. The number of halogens is 3. The number of nitrogens with one attached hydrogen (secondary N) is 1. The zero-order valence-corrected chi connectivity index (χ0v) is 13.8. The van der Waals surface area contributed by atoms with Crippen LogP contribution in [0, 0.1) is 11.8 Å². The van der Waals surface area contributed by atoms with Crippen LogP contribution in [0.3, 0.4) is 0 Å². The Kier molecular flexibility index (Phi) is 4.80. The highest BCUT2D eigenvalue weighted by atomic mass is 19.4. The molecule has 0 bridgehead atoms. The number of rotatable bonds is 3. The van der Waals surface area contributed by atoms with Gasteiger partial charge in [-0.3, -0.25) is 9.59 Å². The number of hydrogen-bond donors (Lipinski definition) is 1. The first-order chi connectivity index (χ1) is 11.3. The molecule has 0 radical (unpaired) electrons. The maximum Gasteiger partial charge on any atom is 0.411 e. The van der Waals surface area contributed by atoms with Crippen molar-refractivity contribution in [3.8, 4) is 0 Å². The highest BCUT2D eigenvalue weighted by Gasteiger charge is 2.56. The summed E-state index contributed by atoms with van der Waals surface area (Å²) in [7, 11) is 0. The van der Waals surface area contributed by atoms with E-state index in [-0.39, 0.29) is 31.2 Å². The van der Waals surface area contributed by atoms with Crippen LogP contribution in [-0.2, 0) is 9.59 Å². The van der Waals surface area contributed by atoms with Gasteiger partial charge in [-0.15, -0.1) is 0 Å². The predicted octanol–water partition coefficient (Wildman–Crippen LogP) is 3.02. The molecule has 3 rings (SSSR count). The molecule has 2 amide bonds. The molecule has 1 heterocycles. The van der Waals surface area contributed by atoms with Gasteiger partial charge in [0.1, 0.15) is 5.54 Å². The second-order valence-corrected chi connectivity index (χ2v) is 7.53. The second kappa shape index (κ2) is 6.56. The van der Waals surface area contributed by atoms with Crippen LogP contribution in [0.25, 0.3) is 0 Å². The van der Waals surface area contributed by atoms with Gasteiger partial charge in [0.25, 0.3) is 0 Å². The molecule has 7 heteroatoms. The molecule has 1 N–H and O–H groups in total. The fourth-order valence-electron chi connectivity index (χ4n) is 3.95. The van der Waals surface area contributed by atoms with Crippen molar-refractivity contribution in [3.05, 3.63) is 0 Å². The minimum Gasteiger partial charge on any atom is -0.342 e. The number of piperidine rings is 1. The third-order valence-corrected chi connectivity index (χ3v) is 5.64. The fraction of sp³-hybridized carbons (Fsp3) is 0.882. The Morgan fingerprint density at radius 3 is 2.21 bits per heavy atom. The number of hydrogen-bond acceptors (Lipinski definition) is 2. The van der Waals surface area contributed by atoms with Gasteiger partial charge in [-0.1, -0.05) is 19.3 Å². The normalized spacial score (nSPS) is 27.6. The van der Waals surface area contributed by atoms with Gasteiger partial charge in [0.05, 0.1) is 5.92 Å². The first-order valence-corrected chi connectivity index (χ1v) is 9.00. The van der Waals surface area contributed by atoms with E-state index in [2.05, 4.69) is 5.32 Å². The molecule has 0 spiro atoms. The van der Waals surface area contributed by atoms with Gasteiger partial charge in [-0.25, -0.2) is 0 Å². The summed E-state index contributed by atoms with van der Waals surface area (Å²) in [6, 6.07) is 0. The van der Waals surface area contributed by atoms with Crippen molar-refractivity contribution < 1.29 is 22.8 Å². The van der Waals surface area contributed by atoms with Crippen LogP contribution in [-0.4, -0.2) is 41.5 Å². The van der Waals surface area contributed by atoms with Gasteiger partial charge in [0.15, 0.2) is 0 Å². The number of carbonyl (C=O) groups excluding carboxylic acids is 2. The molecule has 0 aromatic rings. The lowest BCUT2D eigenvalue weighted by atomic mass is 9.80. The second-order valence-electron chi connectivity index (χ2n) is 7.53. The van der Waals surface area contributed by atoms with Crippen molar-refractivity contribution in [2.24, 2.45) is 11.8 Å². The number of alkyl halides is 3. The minimum atomic E-state index is -4.43. The van der Waals surface area contributed by atoms with Gasteiger partial charge < -0.3 is 10.2 Å². The standard InChI is InChI=1S/C17H25F3N2O2/c18-17(19,20)16(8-2-1-3-9-16)21-14(23)13-5-4-10-22(11-13)15(24)12-6-7-12/h12-13H,1-11H2,(H,21,23)/t13-/m0/s1. The summed E-state index contributed by atoms with van der Waals surface area (Å²) in [5, 5.41) is 2.34. The Hall–Kier alpha value is -1.27. The van der Waals surface area contributed by atoms with Crippen LogP contribution in [0.4, 0.5) is 13.2 Å². The Morgan fingerprint density at radius 1 is 0.958 bits per heavy atom. The summed E-state index contributed by atoms with van der Waals surface area (Å²) in [6.45, 7) is 0.874. The lowest BCUT2D eigenvalue weighted by Crippen LogP contribution is -2.61. The lowest BCUT2D eigenvalue weighted by molar-refractivity contribution is -0.207. The maximum atomic E-state index is 13.6. The molecule has 0 aromatic heterocycles. The summed E-state index contributed by atoms with van der Waals surface area (Å²) in [4.78, 5) is 26.4. The van der Waals surface area contributed by atoms with Crippen LogP contribution >= 0.6 is 0 Å². The third kappa shape index (κ3) is 3.54. The molecule has 1 atom stereocenters.